The SMILES string of the molecule is CC1OB(O)c2ccc(Nc3ncc(Cl)c(NC4CCCC4)n3)cc21. The summed E-state index contributed by atoms with van der Waals surface area (Å²) in [7, 11) is -0.854. The summed E-state index contributed by atoms with van der Waals surface area (Å²) in [4.78, 5) is 8.77. The first-order valence-corrected chi connectivity index (χ1v) is 9.01. The second kappa shape index (κ2) is 6.82. The zero-order valence-electron chi connectivity index (χ0n) is 14.0. The van der Waals surface area contributed by atoms with Gasteiger partial charge in [-0.1, -0.05) is 30.5 Å². The van der Waals surface area contributed by atoms with Crippen LogP contribution in [-0.4, -0.2) is 28.2 Å². The summed E-state index contributed by atoms with van der Waals surface area (Å²) >= 11 is 6.23. The van der Waals surface area contributed by atoms with Gasteiger partial charge in [-0.2, -0.15) is 4.98 Å². The van der Waals surface area contributed by atoms with Crippen LogP contribution in [0.15, 0.2) is 24.4 Å². The molecule has 2 aliphatic rings. The lowest BCUT2D eigenvalue weighted by Crippen LogP contribution is -2.27. The summed E-state index contributed by atoms with van der Waals surface area (Å²) in [5, 5.41) is 17.0. The Labute approximate surface area is 152 Å². The molecule has 1 aliphatic heterocycles. The molecule has 1 aromatic carbocycles. The van der Waals surface area contributed by atoms with E-state index >= 15 is 0 Å². The van der Waals surface area contributed by atoms with Crippen molar-refractivity contribution in [1.29, 1.82) is 0 Å². The lowest BCUT2D eigenvalue weighted by atomic mass is 9.79. The van der Waals surface area contributed by atoms with E-state index in [1.807, 2.05) is 25.1 Å². The molecule has 1 saturated carbocycles. The number of aromatic nitrogens is 2. The van der Waals surface area contributed by atoms with Crippen LogP contribution in [0.3, 0.4) is 0 Å². The Balaban J connectivity index is 1.54. The maximum Gasteiger partial charge on any atom is 0.491 e. The van der Waals surface area contributed by atoms with Crippen LogP contribution in [0.4, 0.5) is 17.5 Å². The predicted molar refractivity (Wildman–Crippen MR) is 99.8 cm³/mol. The van der Waals surface area contributed by atoms with E-state index < -0.39 is 7.12 Å². The molecule has 0 saturated heterocycles. The number of anilines is 3. The standard InChI is InChI=1S/C17H20BClN4O2/c1-10-13-8-12(6-7-14(13)18(24)25-10)22-17-20-9-15(19)16(23-17)21-11-4-2-3-5-11/h6-11,24H,2-5H2,1H3,(H2,20,21,22,23). The number of fused-ring (bicyclic) bond motifs is 1. The Morgan fingerprint density at radius 3 is 2.92 bits per heavy atom. The number of rotatable bonds is 4. The van der Waals surface area contributed by atoms with Gasteiger partial charge < -0.3 is 20.3 Å². The van der Waals surface area contributed by atoms with Gasteiger partial charge in [-0.05, 0) is 42.9 Å². The Bertz CT molecular complexity index is 785. The van der Waals surface area contributed by atoms with Crippen LogP contribution in [0.5, 0.6) is 0 Å². The highest BCUT2D eigenvalue weighted by atomic mass is 35.5. The molecule has 1 fully saturated rings. The highest BCUT2D eigenvalue weighted by molar-refractivity contribution is 6.61. The molecule has 6 nitrogen and oxygen atoms in total. The van der Waals surface area contributed by atoms with Crippen molar-refractivity contribution >= 4 is 41.6 Å². The summed E-state index contributed by atoms with van der Waals surface area (Å²) in [5.41, 5.74) is 2.62. The fourth-order valence-corrected chi connectivity index (χ4v) is 3.64. The van der Waals surface area contributed by atoms with Crippen molar-refractivity contribution < 1.29 is 9.68 Å². The molecule has 4 rings (SSSR count). The van der Waals surface area contributed by atoms with Gasteiger partial charge in [0, 0.05) is 11.7 Å². The van der Waals surface area contributed by atoms with Crippen LogP contribution in [-0.2, 0) is 4.65 Å². The maximum atomic E-state index is 9.84. The number of nitrogens with one attached hydrogen (secondary N) is 2. The topological polar surface area (TPSA) is 79.3 Å². The van der Waals surface area contributed by atoms with Gasteiger partial charge in [0.15, 0.2) is 5.82 Å². The fourth-order valence-electron chi connectivity index (χ4n) is 3.49. The molecule has 3 N–H and O–H groups in total. The minimum Gasteiger partial charge on any atom is -0.423 e. The quantitative estimate of drug-likeness (QED) is 0.729. The van der Waals surface area contributed by atoms with Crippen molar-refractivity contribution in [2.75, 3.05) is 10.6 Å². The molecule has 1 unspecified atom stereocenters. The molecule has 25 heavy (non-hydrogen) atoms. The summed E-state index contributed by atoms with van der Waals surface area (Å²) < 4.78 is 5.42. The molecule has 2 heterocycles. The van der Waals surface area contributed by atoms with Gasteiger partial charge >= 0.3 is 7.12 Å². The van der Waals surface area contributed by atoms with Gasteiger partial charge in [-0.3, -0.25) is 0 Å². The number of hydrogen-bond donors (Lipinski definition) is 3. The zero-order valence-corrected chi connectivity index (χ0v) is 14.8. The largest absolute Gasteiger partial charge is 0.491 e. The number of nitrogens with zero attached hydrogens (tertiary/aromatic N) is 2. The minimum atomic E-state index is -0.854. The summed E-state index contributed by atoms with van der Waals surface area (Å²) in [6.07, 6.45) is 6.25. The van der Waals surface area contributed by atoms with Crippen molar-refractivity contribution in [3.05, 3.63) is 35.0 Å². The second-order valence-corrected chi connectivity index (χ2v) is 7.02. The Kier molecular flexibility index (Phi) is 4.54. The third-order valence-corrected chi connectivity index (χ3v) is 5.10. The molecule has 130 valence electrons. The molecule has 0 spiro atoms. The van der Waals surface area contributed by atoms with E-state index in [4.69, 9.17) is 16.3 Å². The average molecular weight is 359 g/mol. The molecular formula is C17H20BClN4O2. The van der Waals surface area contributed by atoms with Crippen LogP contribution in [0.1, 0.15) is 44.3 Å². The number of halogens is 1. The fraction of sp³-hybridized carbons (Fsp3) is 0.412. The average Bonchev–Trinajstić information content (AvgIpc) is 3.19. The van der Waals surface area contributed by atoms with E-state index in [9.17, 15) is 5.02 Å². The molecule has 0 amide bonds. The Hall–Kier alpha value is -1.83. The summed E-state index contributed by atoms with van der Waals surface area (Å²) in [5.74, 6) is 1.15. The van der Waals surface area contributed by atoms with Gasteiger partial charge in [0.25, 0.3) is 0 Å². The third-order valence-electron chi connectivity index (χ3n) is 4.82. The van der Waals surface area contributed by atoms with E-state index in [0.29, 0.717) is 22.8 Å². The second-order valence-electron chi connectivity index (χ2n) is 6.62. The summed E-state index contributed by atoms with van der Waals surface area (Å²) in [6.45, 7) is 1.92. The smallest absolute Gasteiger partial charge is 0.423 e. The molecule has 0 bridgehead atoms. The van der Waals surface area contributed by atoms with Gasteiger partial charge in [0.05, 0.1) is 12.3 Å². The number of benzene rings is 1. The third kappa shape index (κ3) is 3.45. The predicted octanol–water partition coefficient (Wildman–Crippen LogP) is 3.01. The number of hydrogen-bond acceptors (Lipinski definition) is 6. The first-order chi connectivity index (χ1) is 12.1. The molecule has 1 aromatic heterocycles. The van der Waals surface area contributed by atoms with Crippen molar-refractivity contribution in [2.24, 2.45) is 0 Å². The highest BCUT2D eigenvalue weighted by Gasteiger charge is 2.32. The normalized spacial score (nSPS) is 20.0. The first kappa shape index (κ1) is 16.6. The van der Waals surface area contributed by atoms with Gasteiger partial charge in [-0.15, -0.1) is 0 Å². The van der Waals surface area contributed by atoms with Crippen LogP contribution in [0, 0.1) is 0 Å². The van der Waals surface area contributed by atoms with Crippen molar-refractivity contribution in [3.63, 3.8) is 0 Å². The molecule has 8 heteroatoms. The van der Waals surface area contributed by atoms with Crippen LogP contribution in [0.25, 0.3) is 0 Å². The lowest BCUT2D eigenvalue weighted by Gasteiger charge is -2.15. The molecule has 1 atom stereocenters. The van der Waals surface area contributed by atoms with Gasteiger partial charge in [0.2, 0.25) is 5.95 Å². The van der Waals surface area contributed by atoms with Crippen molar-refractivity contribution in [1.82, 2.24) is 9.97 Å². The van der Waals surface area contributed by atoms with Crippen molar-refractivity contribution in [3.8, 4) is 0 Å². The first-order valence-electron chi connectivity index (χ1n) is 8.63. The van der Waals surface area contributed by atoms with E-state index in [0.717, 1.165) is 29.6 Å². The van der Waals surface area contributed by atoms with Gasteiger partial charge in [0.1, 0.15) is 5.02 Å². The molecular weight excluding hydrogens is 338 g/mol. The van der Waals surface area contributed by atoms with E-state index in [1.54, 1.807) is 6.20 Å². The van der Waals surface area contributed by atoms with E-state index in [2.05, 4.69) is 20.6 Å². The van der Waals surface area contributed by atoms with Gasteiger partial charge in [-0.25, -0.2) is 4.98 Å². The Morgan fingerprint density at radius 1 is 1.32 bits per heavy atom. The molecule has 2 aromatic rings. The Morgan fingerprint density at radius 2 is 2.12 bits per heavy atom. The van der Waals surface area contributed by atoms with Crippen LogP contribution in [0.2, 0.25) is 5.02 Å². The van der Waals surface area contributed by atoms with Crippen molar-refractivity contribution in [2.45, 2.75) is 44.8 Å². The molecule has 0 radical (unpaired) electrons. The van der Waals surface area contributed by atoms with E-state index in [1.165, 1.54) is 12.8 Å². The maximum absolute atomic E-state index is 9.84. The summed E-state index contributed by atoms with van der Waals surface area (Å²) in [6, 6.07) is 6.13. The highest BCUT2D eigenvalue weighted by Crippen LogP contribution is 2.28. The minimum absolute atomic E-state index is 0.141. The van der Waals surface area contributed by atoms with Crippen LogP contribution >= 0.6 is 11.6 Å². The monoisotopic (exact) mass is 358 g/mol. The van der Waals surface area contributed by atoms with Crippen LogP contribution < -0.4 is 16.1 Å². The van der Waals surface area contributed by atoms with E-state index in [-0.39, 0.29) is 6.10 Å². The molecule has 1 aliphatic carbocycles. The lowest BCUT2D eigenvalue weighted by molar-refractivity contribution is 0.209. The zero-order chi connectivity index (χ0) is 17.4.